The number of carbonyl (C=O) groups is 1. The number of oxazole rings is 1. The van der Waals surface area contributed by atoms with Crippen molar-refractivity contribution >= 4 is 17.7 Å². The van der Waals surface area contributed by atoms with Crippen LogP contribution in [0.3, 0.4) is 0 Å². The number of hydrogen-bond acceptors (Lipinski definition) is 5. The van der Waals surface area contributed by atoms with Gasteiger partial charge < -0.3 is 14.8 Å². The number of aromatic nitrogens is 1. The molecule has 0 amide bonds. The molecule has 0 spiro atoms. The molecule has 0 aliphatic heterocycles. The van der Waals surface area contributed by atoms with Crippen LogP contribution in [0.2, 0.25) is 0 Å². The summed E-state index contributed by atoms with van der Waals surface area (Å²) in [6.07, 6.45) is -5.03. The SMILES string of the molecule is CNc1oc(-c2ccccc2)nc1-c1ccccc1.Cc1ccc(/C(C=O)=C(\CCO)C(F)(F)F)cc1. The minimum absolute atomic E-state index is 0.184. The van der Waals surface area contributed by atoms with E-state index in [4.69, 9.17) is 9.52 Å². The highest BCUT2D eigenvalue weighted by atomic mass is 19.4. The Hall–Kier alpha value is -4.17. The minimum atomic E-state index is -4.62. The molecular formula is C29H27F3N2O3. The summed E-state index contributed by atoms with van der Waals surface area (Å²) in [5, 5.41) is 11.7. The summed E-state index contributed by atoms with van der Waals surface area (Å²) in [6.45, 7) is 1.14. The minimum Gasteiger partial charge on any atom is -0.420 e. The molecule has 0 saturated heterocycles. The van der Waals surface area contributed by atoms with Crippen molar-refractivity contribution in [2.75, 3.05) is 19.0 Å². The Morgan fingerprint density at radius 1 is 0.946 bits per heavy atom. The molecular weight excluding hydrogens is 481 g/mol. The molecule has 4 aromatic rings. The van der Waals surface area contributed by atoms with E-state index in [1.165, 1.54) is 12.1 Å². The Morgan fingerprint density at radius 2 is 1.51 bits per heavy atom. The van der Waals surface area contributed by atoms with Crippen LogP contribution in [0.1, 0.15) is 17.5 Å². The van der Waals surface area contributed by atoms with Gasteiger partial charge in [0.05, 0.1) is 0 Å². The van der Waals surface area contributed by atoms with Gasteiger partial charge in [0.25, 0.3) is 0 Å². The van der Waals surface area contributed by atoms with Gasteiger partial charge in [-0.3, -0.25) is 4.79 Å². The van der Waals surface area contributed by atoms with Gasteiger partial charge in [-0.25, -0.2) is 4.98 Å². The number of aliphatic hydroxyl groups is 1. The van der Waals surface area contributed by atoms with Crippen molar-refractivity contribution in [3.8, 4) is 22.7 Å². The molecule has 0 radical (unpaired) electrons. The van der Waals surface area contributed by atoms with E-state index in [2.05, 4.69) is 10.3 Å². The molecule has 0 saturated carbocycles. The third-order valence-electron chi connectivity index (χ3n) is 5.43. The first kappa shape index (κ1) is 27.4. The molecule has 8 heteroatoms. The Kier molecular flexibility index (Phi) is 9.40. The lowest BCUT2D eigenvalue weighted by Gasteiger charge is -2.14. The first-order valence-corrected chi connectivity index (χ1v) is 11.5. The maximum atomic E-state index is 12.8. The lowest BCUT2D eigenvalue weighted by atomic mass is 9.98. The number of rotatable bonds is 7. The number of carbonyl (C=O) groups excluding carboxylic acids is 1. The number of aliphatic hydroxyl groups excluding tert-OH is 1. The predicted molar refractivity (Wildman–Crippen MR) is 139 cm³/mol. The van der Waals surface area contributed by atoms with Crippen molar-refractivity contribution in [3.63, 3.8) is 0 Å². The normalized spacial score (nSPS) is 11.7. The number of halogens is 3. The van der Waals surface area contributed by atoms with E-state index in [1.807, 2.05) is 67.7 Å². The van der Waals surface area contributed by atoms with Crippen LogP contribution >= 0.6 is 0 Å². The molecule has 4 rings (SSSR count). The van der Waals surface area contributed by atoms with Crippen molar-refractivity contribution in [2.45, 2.75) is 19.5 Å². The molecule has 5 nitrogen and oxygen atoms in total. The number of anilines is 1. The monoisotopic (exact) mass is 508 g/mol. The number of alkyl halides is 3. The van der Waals surface area contributed by atoms with Gasteiger partial charge in [-0.15, -0.1) is 0 Å². The quantitative estimate of drug-likeness (QED) is 0.209. The molecule has 0 bridgehead atoms. The fraction of sp³-hybridized carbons (Fsp3) is 0.172. The molecule has 0 aliphatic rings. The van der Waals surface area contributed by atoms with E-state index in [0.717, 1.165) is 22.4 Å². The molecule has 1 heterocycles. The van der Waals surface area contributed by atoms with Gasteiger partial charge in [0.15, 0.2) is 6.29 Å². The van der Waals surface area contributed by atoms with Crippen molar-refractivity contribution in [1.82, 2.24) is 4.98 Å². The predicted octanol–water partition coefficient (Wildman–Crippen LogP) is 6.94. The molecule has 37 heavy (non-hydrogen) atoms. The molecule has 192 valence electrons. The smallest absolute Gasteiger partial charge is 0.413 e. The number of hydrogen-bond donors (Lipinski definition) is 2. The zero-order chi connectivity index (χ0) is 26.8. The summed E-state index contributed by atoms with van der Waals surface area (Å²) in [4.78, 5) is 15.5. The van der Waals surface area contributed by atoms with Gasteiger partial charge in [-0.2, -0.15) is 13.2 Å². The number of nitrogens with zero attached hydrogens (tertiary/aromatic N) is 1. The lowest BCUT2D eigenvalue weighted by molar-refractivity contribution is -0.105. The molecule has 0 atom stereocenters. The van der Waals surface area contributed by atoms with E-state index < -0.39 is 30.4 Å². The fourth-order valence-electron chi connectivity index (χ4n) is 3.57. The number of nitrogens with one attached hydrogen (secondary N) is 1. The number of aldehydes is 1. The van der Waals surface area contributed by atoms with E-state index in [1.54, 1.807) is 19.1 Å². The van der Waals surface area contributed by atoms with Gasteiger partial charge in [0, 0.05) is 42.3 Å². The van der Waals surface area contributed by atoms with Crippen molar-refractivity contribution < 1.29 is 27.5 Å². The summed E-state index contributed by atoms with van der Waals surface area (Å²) in [5.74, 6) is 1.31. The second kappa shape index (κ2) is 12.7. The number of allylic oxidation sites excluding steroid dienone is 1. The number of aryl methyl sites for hydroxylation is 1. The zero-order valence-corrected chi connectivity index (χ0v) is 20.4. The first-order chi connectivity index (χ1) is 17.8. The van der Waals surface area contributed by atoms with Crippen LogP contribution in [0, 0.1) is 6.92 Å². The van der Waals surface area contributed by atoms with Crippen LogP contribution in [0.25, 0.3) is 28.3 Å². The van der Waals surface area contributed by atoms with Crippen LogP contribution in [-0.4, -0.2) is 36.2 Å². The maximum absolute atomic E-state index is 12.8. The number of benzene rings is 3. The molecule has 0 fully saturated rings. The summed E-state index contributed by atoms with van der Waals surface area (Å²) in [7, 11) is 1.84. The van der Waals surface area contributed by atoms with Crippen LogP contribution in [0.4, 0.5) is 19.1 Å². The Morgan fingerprint density at radius 3 is 2.00 bits per heavy atom. The van der Waals surface area contributed by atoms with E-state index in [-0.39, 0.29) is 11.8 Å². The third kappa shape index (κ3) is 7.17. The Balaban J connectivity index is 0.000000206. The van der Waals surface area contributed by atoms with E-state index >= 15 is 0 Å². The molecule has 0 aliphatic carbocycles. The second-order valence-corrected chi connectivity index (χ2v) is 8.03. The second-order valence-electron chi connectivity index (χ2n) is 8.03. The highest BCUT2D eigenvalue weighted by Gasteiger charge is 2.35. The Bertz CT molecular complexity index is 1310. The van der Waals surface area contributed by atoms with Crippen molar-refractivity contribution in [3.05, 3.63) is 102 Å². The average Bonchev–Trinajstić information content (AvgIpc) is 3.35. The average molecular weight is 509 g/mol. The first-order valence-electron chi connectivity index (χ1n) is 11.5. The molecule has 3 aromatic carbocycles. The van der Waals surface area contributed by atoms with Crippen molar-refractivity contribution in [2.24, 2.45) is 0 Å². The van der Waals surface area contributed by atoms with Crippen LogP contribution in [-0.2, 0) is 4.79 Å². The van der Waals surface area contributed by atoms with Gasteiger partial charge in [-0.1, -0.05) is 78.4 Å². The van der Waals surface area contributed by atoms with Gasteiger partial charge in [0.1, 0.15) is 5.69 Å². The third-order valence-corrected chi connectivity index (χ3v) is 5.43. The van der Waals surface area contributed by atoms with Gasteiger partial charge in [-0.05, 0) is 24.6 Å². The molecule has 1 aromatic heterocycles. The summed E-state index contributed by atoms with van der Waals surface area (Å²) in [5.41, 5.74) is 2.53. The molecule has 0 unspecified atom stereocenters. The topological polar surface area (TPSA) is 75.4 Å². The van der Waals surface area contributed by atoms with Crippen molar-refractivity contribution in [1.29, 1.82) is 0 Å². The standard InChI is InChI=1S/C16H14N2O.C13H13F3O2/c1-17-16-14(12-8-4-2-5-9-12)18-15(19-16)13-10-6-3-7-11-13;1-9-2-4-10(5-3-9)11(8-18)12(6-7-17)13(14,15)16/h2-11,17H,1H3;2-5,8,17H,6-7H2,1H3/b;12-11+. The summed E-state index contributed by atoms with van der Waals surface area (Å²) >= 11 is 0. The maximum Gasteiger partial charge on any atom is 0.413 e. The summed E-state index contributed by atoms with van der Waals surface area (Å²) < 4.78 is 44.1. The van der Waals surface area contributed by atoms with Crippen LogP contribution in [0.5, 0.6) is 0 Å². The summed E-state index contributed by atoms with van der Waals surface area (Å²) in [6, 6.07) is 26.1. The fourth-order valence-corrected chi connectivity index (χ4v) is 3.57. The van der Waals surface area contributed by atoms with Gasteiger partial charge >= 0.3 is 6.18 Å². The highest BCUT2D eigenvalue weighted by molar-refractivity contribution is 6.08. The zero-order valence-electron chi connectivity index (χ0n) is 20.4. The Labute approximate surface area is 213 Å². The van der Waals surface area contributed by atoms with Gasteiger partial charge in [0.2, 0.25) is 11.8 Å². The lowest BCUT2D eigenvalue weighted by Crippen LogP contribution is -2.16. The van der Waals surface area contributed by atoms with Crippen LogP contribution in [0.15, 0.2) is 94.9 Å². The van der Waals surface area contributed by atoms with E-state index in [9.17, 15) is 18.0 Å². The molecule has 2 N–H and O–H groups in total. The van der Waals surface area contributed by atoms with E-state index in [0.29, 0.717) is 11.8 Å². The largest absolute Gasteiger partial charge is 0.420 e. The van der Waals surface area contributed by atoms with Crippen LogP contribution < -0.4 is 5.32 Å². The highest BCUT2D eigenvalue weighted by Crippen LogP contribution is 2.34.